The highest BCUT2D eigenvalue weighted by Gasteiger charge is 2.16. The molecule has 3 nitrogen and oxygen atoms in total. The van der Waals surface area contributed by atoms with Crippen molar-refractivity contribution in [3.63, 3.8) is 0 Å². The molecule has 3 aromatic rings. The molecule has 0 amide bonds. The van der Waals surface area contributed by atoms with Crippen molar-refractivity contribution in [3.8, 4) is 6.07 Å². The molecule has 1 heterocycles. The number of hydrogen-bond donors (Lipinski definition) is 1. The van der Waals surface area contributed by atoms with Gasteiger partial charge in [0.25, 0.3) is 0 Å². The maximum Gasteiger partial charge on any atom is 0.119 e. The first kappa shape index (κ1) is 13.3. The minimum atomic E-state index is 0.0131. The normalized spacial score (nSPS) is 11.6. The monoisotopic (exact) mass is 291 g/mol. The number of benzene rings is 2. The highest BCUT2D eigenvalue weighted by atomic mass is 32.1. The molecule has 0 saturated heterocycles. The van der Waals surface area contributed by atoms with Gasteiger partial charge < -0.3 is 5.32 Å². The number of rotatable bonds is 4. The third-order valence-electron chi connectivity index (χ3n) is 3.16. The summed E-state index contributed by atoms with van der Waals surface area (Å²) in [4.78, 5) is 4.43. The molecule has 0 fully saturated rings. The molecule has 2 aromatic carbocycles. The van der Waals surface area contributed by atoms with Crippen LogP contribution in [0.15, 0.2) is 66.2 Å². The van der Waals surface area contributed by atoms with Crippen molar-refractivity contribution in [1.29, 1.82) is 5.26 Å². The molecule has 0 bridgehead atoms. The van der Waals surface area contributed by atoms with Gasteiger partial charge in [0.15, 0.2) is 0 Å². The van der Waals surface area contributed by atoms with E-state index in [0.29, 0.717) is 5.56 Å². The van der Waals surface area contributed by atoms with E-state index in [4.69, 9.17) is 5.26 Å². The van der Waals surface area contributed by atoms with Gasteiger partial charge in [0.2, 0.25) is 0 Å². The predicted octanol–water partition coefficient (Wildman–Crippen LogP) is 4.22. The van der Waals surface area contributed by atoms with Crippen LogP contribution in [0.25, 0.3) is 0 Å². The summed E-state index contributed by atoms with van der Waals surface area (Å²) in [5.74, 6) is 0. The minimum absolute atomic E-state index is 0.0131. The van der Waals surface area contributed by atoms with Gasteiger partial charge in [-0.25, -0.2) is 4.98 Å². The molecule has 0 aliphatic rings. The van der Waals surface area contributed by atoms with Gasteiger partial charge in [0, 0.05) is 17.3 Å². The standard InChI is InChI=1S/C17H13N3S/c18-12-13-6-8-15(9-7-13)20-16(17-19-10-11-21-17)14-4-2-1-3-5-14/h1-11,16,20H. The Balaban J connectivity index is 1.91. The van der Waals surface area contributed by atoms with Crippen LogP contribution in [0.2, 0.25) is 0 Å². The van der Waals surface area contributed by atoms with Crippen molar-refractivity contribution in [1.82, 2.24) is 4.98 Å². The van der Waals surface area contributed by atoms with Gasteiger partial charge >= 0.3 is 0 Å². The molecule has 3 rings (SSSR count). The van der Waals surface area contributed by atoms with E-state index in [-0.39, 0.29) is 6.04 Å². The van der Waals surface area contributed by atoms with Crippen molar-refractivity contribution in [2.24, 2.45) is 0 Å². The fraction of sp³-hybridized carbons (Fsp3) is 0.0588. The summed E-state index contributed by atoms with van der Waals surface area (Å²) in [6, 6.07) is 19.8. The first-order valence-corrected chi connectivity index (χ1v) is 7.46. The fourth-order valence-electron chi connectivity index (χ4n) is 2.12. The van der Waals surface area contributed by atoms with E-state index >= 15 is 0 Å². The van der Waals surface area contributed by atoms with Crippen molar-refractivity contribution in [3.05, 3.63) is 82.3 Å². The van der Waals surface area contributed by atoms with Crippen LogP contribution in [0.3, 0.4) is 0 Å². The van der Waals surface area contributed by atoms with E-state index in [0.717, 1.165) is 16.3 Å². The Morgan fingerprint density at radius 1 is 1.05 bits per heavy atom. The summed E-state index contributed by atoms with van der Waals surface area (Å²) in [6.45, 7) is 0. The van der Waals surface area contributed by atoms with Crippen molar-refractivity contribution < 1.29 is 0 Å². The lowest BCUT2D eigenvalue weighted by molar-refractivity contribution is 0.921. The maximum absolute atomic E-state index is 8.86. The molecule has 102 valence electrons. The smallest absolute Gasteiger partial charge is 0.119 e. The second-order valence-corrected chi connectivity index (χ2v) is 5.47. The fourth-order valence-corrected chi connectivity index (χ4v) is 2.83. The minimum Gasteiger partial charge on any atom is -0.372 e. The van der Waals surface area contributed by atoms with Gasteiger partial charge in [-0.15, -0.1) is 11.3 Å². The number of nitrogens with zero attached hydrogens (tertiary/aromatic N) is 2. The van der Waals surface area contributed by atoms with Crippen molar-refractivity contribution in [2.45, 2.75) is 6.04 Å². The molecule has 1 unspecified atom stereocenters. The second kappa shape index (κ2) is 6.21. The molecule has 0 aliphatic heterocycles. The molecule has 0 aliphatic carbocycles. The average molecular weight is 291 g/mol. The summed E-state index contributed by atoms with van der Waals surface area (Å²) in [7, 11) is 0. The highest BCUT2D eigenvalue weighted by molar-refractivity contribution is 7.09. The molecule has 1 atom stereocenters. The van der Waals surface area contributed by atoms with Gasteiger partial charge in [0.05, 0.1) is 11.6 Å². The molecule has 0 spiro atoms. The number of thiazole rings is 1. The number of hydrogen-bond acceptors (Lipinski definition) is 4. The Hall–Kier alpha value is -2.64. The van der Waals surface area contributed by atoms with Crippen LogP contribution in [0.5, 0.6) is 0 Å². The van der Waals surface area contributed by atoms with Crippen LogP contribution in [0.4, 0.5) is 5.69 Å². The largest absolute Gasteiger partial charge is 0.372 e. The van der Waals surface area contributed by atoms with E-state index in [1.54, 1.807) is 11.3 Å². The Morgan fingerprint density at radius 2 is 1.81 bits per heavy atom. The van der Waals surface area contributed by atoms with Crippen LogP contribution in [0.1, 0.15) is 22.2 Å². The van der Waals surface area contributed by atoms with E-state index in [9.17, 15) is 0 Å². The van der Waals surface area contributed by atoms with Gasteiger partial charge in [-0.2, -0.15) is 5.26 Å². The Bertz CT molecular complexity index is 728. The highest BCUT2D eigenvalue weighted by Crippen LogP contribution is 2.28. The van der Waals surface area contributed by atoms with Crippen LogP contribution >= 0.6 is 11.3 Å². The maximum atomic E-state index is 8.86. The van der Waals surface area contributed by atoms with Crippen LogP contribution in [-0.2, 0) is 0 Å². The zero-order valence-corrected chi connectivity index (χ0v) is 12.0. The summed E-state index contributed by atoms with van der Waals surface area (Å²) in [5, 5.41) is 15.3. The van der Waals surface area contributed by atoms with Crippen LogP contribution in [-0.4, -0.2) is 4.98 Å². The molecule has 21 heavy (non-hydrogen) atoms. The lowest BCUT2D eigenvalue weighted by Crippen LogP contribution is -2.11. The number of nitriles is 1. The predicted molar refractivity (Wildman–Crippen MR) is 85.2 cm³/mol. The lowest BCUT2D eigenvalue weighted by atomic mass is 10.1. The van der Waals surface area contributed by atoms with Crippen LogP contribution in [0, 0.1) is 11.3 Å². The molecular weight excluding hydrogens is 278 g/mol. The molecular formula is C17H13N3S. The molecule has 0 radical (unpaired) electrons. The van der Waals surface area contributed by atoms with Gasteiger partial charge in [-0.3, -0.25) is 0 Å². The van der Waals surface area contributed by atoms with Gasteiger partial charge in [0.1, 0.15) is 11.0 Å². The summed E-state index contributed by atoms with van der Waals surface area (Å²) in [6.07, 6.45) is 1.82. The van der Waals surface area contributed by atoms with Gasteiger partial charge in [-0.1, -0.05) is 30.3 Å². The van der Waals surface area contributed by atoms with E-state index in [1.165, 1.54) is 0 Å². The van der Waals surface area contributed by atoms with Crippen LogP contribution < -0.4 is 5.32 Å². The third kappa shape index (κ3) is 3.10. The topological polar surface area (TPSA) is 48.7 Å². The first-order valence-electron chi connectivity index (χ1n) is 6.58. The second-order valence-electron chi connectivity index (χ2n) is 4.55. The Morgan fingerprint density at radius 3 is 2.43 bits per heavy atom. The SMILES string of the molecule is N#Cc1ccc(NC(c2ccccc2)c2nccs2)cc1. The van der Waals surface area contributed by atoms with E-state index in [1.807, 2.05) is 54.0 Å². The third-order valence-corrected chi connectivity index (χ3v) is 4.00. The van der Waals surface area contributed by atoms with Crippen molar-refractivity contribution >= 4 is 17.0 Å². The number of aromatic nitrogens is 1. The number of nitrogens with one attached hydrogen (secondary N) is 1. The summed E-state index contributed by atoms with van der Waals surface area (Å²) in [5.41, 5.74) is 2.79. The zero-order chi connectivity index (χ0) is 14.5. The van der Waals surface area contributed by atoms with Crippen molar-refractivity contribution in [2.75, 3.05) is 5.32 Å². The molecule has 1 aromatic heterocycles. The zero-order valence-electron chi connectivity index (χ0n) is 11.2. The quantitative estimate of drug-likeness (QED) is 0.783. The molecule has 0 saturated carbocycles. The molecule has 1 N–H and O–H groups in total. The summed E-state index contributed by atoms with van der Waals surface area (Å²) < 4.78 is 0. The first-order chi connectivity index (χ1) is 10.4. The number of anilines is 1. The lowest BCUT2D eigenvalue weighted by Gasteiger charge is -2.18. The Labute approximate surface area is 127 Å². The average Bonchev–Trinajstić information content (AvgIpc) is 3.08. The molecule has 4 heteroatoms. The summed E-state index contributed by atoms with van der Waals surface area (Å²) >= 11 is 1.63. The van der Waals surface area contributed by atoms with E-state index in [2.05, 4.69) is 28.5 Å². The van der Waals surface area contributed by atoms with Gasteiger partial charge in [-0.05, 0) is 29.8 Å². The Kier molecular flexibility index (Phi) is 3.95. The van der Waals surface area contributed by atoms with E-state index < -0.39 is 0 Å².